The van der Waals surface area contributed by atoms with Gasteiger partial charge in [0, 0.05) is 22.3 Å². The molecule has 2 N–H and O–H groups in total. The average Bonchev–Trinajstić information content (AvgIpc) is 2.86. The second-order valence-corrected chi connectivity index (χ2v) is 5.47. The van der Waals surface area contributed by atoms with Crippen LogP contribution in [0.5, 0.6) is 0 Å². The van der Waals surface area contributed by atoms with Crippen LogP contribution in [0.15, 0.2) is 30.7 Å². The molecule has 0 fully saturated rings. The molecule has 0 unspecified atom stereocenters. The minimum Gasteiger partial charge on any atom is -0.479 e. The van der Waals surface area contributed by atoms with Crippen LogP contribution in [0.25, 0.3) is 5.69 Å². The average molecular weight is 403 g/mol. The van der Waals surface area contributed by atoms with E-state index < -0.39 is 17.0 Å². The molecule has 9 heteroatoms. The molecule has 0 radical (unpaired) electrons. The lowest BCUT2D eigenvalue weighted by Crippen LogP contribution is -2.22. The highest BCUT2D eigenvalue weighted by Gasteiger charge is 2.18. The van der Waals surface area contributed by atoms with Gasteiger partial charge in [-0.3, -0.25) is 14.7 Å². The monoisotopic (exact) mass is 403 g/mol. The van der Waals surface area contributed by atoms with Crippen LogP contribution in [-0.2, 0) is 11.2 Å². The number of hydrogen-bond acceptors (Lipinski definition) is 5. The summed E-state index contributed by atoms with van der Waals surface area (Å²) in [4.78, 5) is 25.1. The Morgan fingerprint density at radius 2 is 2.24 bits per heavy atom. The fourth-order valence-corrected chi connectivity index (χ4v) is 2.22. The number of aliphatic hydroxyl groups excluding tert-OH is 1. The van der Waals surface area contributed by atoms with Crippen molar-refractivity contribution in [2.24, 2.45) is 0 Å². The second-order valence-electron chi connectivity index (χ2n) is 4.22. The molecule has 1 aromatic heterocycles. The smallest absolute Gasteiger partial charge is 0.332 e. The Labute approximate surface area is 132 Å². The van der Waals surface area contributed by atoms with E-state index in [1.54, 1.807) is 12.1 Å². The van der Waals surface area contributed by atoms with Gasteiger partial charge in [0.05, 0.1) is 16.9 Å². The number of carboxylic acid groups (broad SMARTS) is 1. The Morgan fingerprint density at radius 1 is 1.52 bits per heavy atom. The fourth-order valence-electron chi connectivity index (χ4n) is 1.75. The number of benzene rings is 1. The van der Waals surface area contributed by atoms with Gasteiger partial charge < -0.3 is 10.2 Å². The lowest BCUT2D eigenvalue weighted by molar-refractivity contribution is -0.384. The molecule has 1 aromatic carbocycles. The Bertz CT molecular complexity index is 700. The summed E-state index contributed by atoms with van der Waals surface area (Å²) in [6, 6.07) is 4.73. The fraction of sp³-hybridized carbons (Fsp3) is 0.167. The highest BCUT2D eigenvalue weighted by atomic mass is 127. The van der Waals surface area contributed by atoms with E-state index in [0.717, 1.165) is 3.57 Å². The number of halogens is 1. The first-order valence-corrected chi connectivity index (χ1v) is 6.84. The SMILES string of the molecule is O=C(O)[C@@H](O)Cc1cn(-c2ccc(I)cc2[N+](=O)[O-])cn1. The summed E-state index contributed by atoms with van der Waals surface area (Å²) in [7, 11) is 0. The zero-order chi connectivity index (χ0) is 15.6. The van der Waals surface area contributed by atoms with E-state index in [2.05, 4.69) is 4.98 Å². The Hall–Kier alpha value is -2.01. The third-order valence-electron chi connectivity index (χ3n) is 2.74. The molecule has 0 saturated heterocycles. The number of aliphatic carboxylic acids is 1. The summed E-state index contributed by atoms with van der Waals surface area (Å²) in [6.07, 6.45) is 1.08. The Balaban J connectivity index is 2.34. The van der Waals surface area contributed by atoms with Crippen molar-refractivity contribution in [3.8, 4) is 5.69 Å². The van der Waals surface area contributed by atoms with Crippen molar-refractivity contribution in [1.29, 1.82) is 0 Å². The number of nitrogens with zero attached hydrogens (tertiary/aromatic N) is 3. The number of aromatic nitrogens is 2. The van der Waals surface area contributed by atoms with Crippen molar-refractivity contribution in [2.75, 3.05) is 0 Å². The number of carboxylic acids is 1. The maximum Gasteiger partial charge on any atom is 0.332 e. The third kappa shape index (κ3) is 3.55. The van der Waals surface area contributed by atoms with E-state index in [1.165, 1.54) is 23.2 Å². The zero-order valence-corrected chi connectivity index (χ0v) is 12.7. The summed E-state index contributed by atoms with van der Waals surface area (Å²) in [5, 5.41) is 29.0. The van der Waals surface area contributed by atoms with Gasteiger partial charge in [0.15, 0.2) is 6.10 Å². The van der Waals surface area contributed by atoms with Crippen molar-refractivity contribution >= 4 is 34.2 Å². The number of nitro groups is 1. The van der Waals surface area contributed by atoms with Gasteiger partial charge in [-0.05, 0) is 34.7 Å². The van der Waals surface area contributed by atoms with Crippen LogP contribution < -0.4 is 0 Å². The zero-order valence-electron chi connectivity index (χ0n) is 10.5. The molecule has 21 heavy (non-hydrogen) atoms. The molecule has 0 saturated carbocycles. The van der Waals surface area contributed by atoms with Gasteiger partial charge in [0.25, 0.3) is 5.69 Å². The molecule has 2 rings (SSSR count). The lowest BCUT2D eigenvalue weighted by Gasteiger charge is -2.04. The second kappa shape index (κ2) is 6.18. The number of rotatable bonds is 5. The van der Waals surface area contributed by atoms with E-state index in [-0.39, 0.29) is 12.1 Å². The van der Waals surface area contributed by atoms with Crippen LogP contribution >= 0.6 is 22.6 Å². The summed E-state index contributed by atoms with van der Waals surface area (Å²) < 4.78 is 2.16. The predicted molar refractivity (Wildman–Crippen MR) is 80.3 cm³/mol. The van der Waals surface area contributed by atoms with E-state index >= 15 is 0 Å². The van der Waals surface area contributed by atoms with Crippen LogP contribution in [0.4, 0.5) is 5.69 Å². The van der Waals surface area contributed by atoms with Crippen LogP contribution in [-0.4, -0.2) is 36.8 Å². The third-order valence-corrected chi connectivity index (χ3v) is 3.41. The van der Waals surface area contributed by atoms with Crippen molar-refractivity contribution < 1.29 is 19.9 Å². The Kier molecular flexibility index (Phi) is 4.53. The summed E-state index contributed by atoms with van der Waals surface area (Å²) in [5.41, 5.74) is 0.575. The van der Waals surface area contributed by atoms with Crippen molar-refractivity contribution in [3.63, 3.8) is 0 Å². The summed E-state index contributed by atoms with van der Waals surface area (Å²) in [6.45, 7) is 0. The van der Waals surface area contributed by atoms with Crippen molar-refractivity contribution in [1.82, 2.24) is 9.55 Å². The van der Waals surface area contributed by atoms with E-state index in [4.69, 9.17) is 5.11 Å². The molecular weight excluding hydrogens is 393 g/mol. The van der Waals surface area contributed by atoms with Gasteiger partial charge in [-0.1, -0.05) is 0 Å². The minimum absolute atomic E-state index is 0.0790. The van der Waals surface area contributed by atoms with Crippen LogP contribution in [0, 0.1) is 13.7 Å². The molecule has 1 atom stereocenters. The predicted octanol–water partition coefficient (Wildman–Crippen LogP) is 1.37. The molecule has 0 bridgehead atoms. The normalized spacial score (nSPS) is 12.1. The first-order valence-electron chi connectivity index (χ1n) is 5.76. The number of carbonyl (C=O) groups is 1. The maximum absolute atomic E-state index is 11.1. The maximum atomic E-state index is 11.1. The van der Waals surface area contributed by atoms with Crippen LogP contribution in [0.1, 0.15) is 5.69 Å². The summed E-state index contributed by atoms with van der Waals surface area (Å²) >= 11 is 1.98. The van der Waals surface area contributed by atoms with Crippen molar-refractivity contribution in [2.45, 2.75) is 12.5 Å². The lowest BCUT2D eigenvalue weighted by atomic mass is 10.2. The number of imidazole rings is 1. The highest BCUT2D eigenvalue weighted by Crippen LogP contribution is 2.25. The molecule has 110 valence electrons. The van der Waals surface area contributed by atoms with Crippen LogP contribution in [0.3, 0.4) is 0 Å². The quantitative estimate of drug-likeness (QED) is 0.442. The van der Waals surface area contributed by atoms with E-state index in [9.17, 15) is 20.0 Å². The number of aliphatic hydroxyl groups is 1. The van der Waals surface area contributed by atoms with Gasteiger partial charge in [-0.15, -0.1) is 0 Å². The first-order chi connectivity index (χ1) is 9.88. The standard InChI is InChI=1S/C12H10IN3O5/c13-7-1-2-9(10(3-7)16(20)21)15-5-8(14-6-15)4-11(17)12(18)19/h1-3,5-6,11,17H,4H2,(H,18,19)/t11-/m0/s1. The largest absolute Gasteiger partial charge is 0.479 e. The molecule has 8 nitrogen and oxygen atoms in total. The summed E-state index contributed by atoms with van der Waals surface area (Å²) in [5.74, 6) is -1.34. The molecule has 0 amide bonds. The molecular formula is C12H10IN3O5. The van der Waals surface area contributed by atoms with Crippen molar-refractivity contribution in [3.05, 3.63) is 50.1 Å². The molecule has 0 aliphatic carbocycles. The van der Waals surface area contributed by atoms with Gasteiger partial charge in [-0.25, -0.2) is 9.78 Å². The molecule has 1 heterocycles. The van der Waals surface area contributed by atoms with E-state index in [1.807, 2.05) is 22.6 Å². The van der Waals surface area contributed by atoms with Gasteiger partial charge >= 0.3 is 5.97 Å². The first kappa shape index (κ1) is 15.4. The highest BCUT2D eigenvalue weighted by molar-refractivity contribution is 14.1. The van der Waals surface area contributed by atoms with E-state index in [0.29, 0.717) is 11.4 Å². The van der Waals surface area contributed by atoms with Gasteiger partial charge in [0.1, 0.15) is 5.69 Å². The topological polar surface area (TPSA) is 118 Å². The number of nitro benzene ring substituents is 1. The van der Waals surface area contributed by atoms with Crippen LogP contribution in [0.2, 0.25) is 0 Å². The molecule has 0 aliphatic heterocycles. The van der Waals surface area contributed by atoms with Gasteiger partial charge in [0.2, 0.25) is 0 Å². The molecule has 2 aromatic rings. The van der Waals surface area contributed by atoms with Gasteiger partial charge in [-0.2, -0.15) is 0 Å². The molecule has 0 spiro atoms. The number of hydrogen-bond donors (Lipinski definition) is 2. The minimum atomic E-state index is -1.56. The molecule has 0 aliphatic rings. The Morgan fingerprint density at radius 3 is 2.86 bits per heavy atom.